The molecule has 3 heterocycles. The maximum absolute atomic E-state index is 12.4. The van der Waals surface area contributed by atoms with Crippen molar-refractivity contribution in [1.29, 1.82) is 0 Å². The van der Waals surface area contributed by atoms with Gasteiger partial charge in [-0.15, -0.1) is 11.3 Å². The SMILES string of the molecule is O=C1C[C@@H](C(=O)Nc2ccc3nc(SCC(=O)N[C@@H]4CCOC4)sc3c2)CCN1. The molecule has 1 aromatic carbocycles. The van der Waals surface area contributed by atoms with Crippen LogP contribution in [0.3, 0.4) is 0 Å². The average molecular weight is 435 g/mol. The van der Waals surface area contributed by atoms with E-state index in [2.05, 4.69) is 20.9 Å². The molecule has 2 aliphatic heterocycles. The Morgan fingerprint density at radius 3 is 3.03 bits per heavy atom. The number of thiazole rings is 1. The fourth-order valence-electron chi connectivity index (χ4n) is 3.34. The highest BCUT2D eigenvalue weighted by Crippen LogP contribution is 2.31. The summed E-state index contributed by atoms with van der Waals surface area (Å²) in [6.45, 7) is 1.81. The highest BCUT2D eigenvalue weighted by atomic mass is 32.2. The lowest BCUT2D eigenvalue weighted by Crippen LogP contribution is -2.38. The van der Waals surface area contributed by atoms with E-state index >= 15 is 0 Å². The van der Waals surface area contributed by atoms with E-state index in [0.29, 0.717) is 37.6 Å². The Morgan fingerprint density at radius 1 is 1.34 bits per heavy atom. The summed E-state index contributed by atoms with van der Waals surface area (Å²) in [5.41, 5.74) is 1.52. The lowest BCUT2D eigenvalue weighted by molar-refractivity contribution is -0.129. The first kappa shape index (κ1) is 20.1. The van der Waals surface area contributed by atoms with Crippen molar-refractivity contribution in [2.75, 3.05) is 30.8 Å². The molecule has 4 rings (SSSR count). The van der Waals surface area contributed by atoms with E-state index in [4.69, 9.17) is 4.74 Å². The molecular weight excluding hydrogens is 412 g/mol. The molecule has 0 radical (unpaired) electrons. The number of fused-ring (bicyclic) bond motifs is 1. The van der Waals surface area contributed by atoms with Crippen LogP contribution < -0.4 is 16.0 Å². The minimum absolute atomic E-state index is 0.0192. The number of aromatic nitrogens is 1. The Hall–Kier alpha value is -2.17. The largest absolute Gasteiger partial charge is 0.379 e. The van der Waals surface area contributed by atoms with Crippen LogP contribution >= 0.6 is 23.1 Å². The Labute approximate surface area is 176 Å². The van der Waals surface area contributed by atoms with Crippen molar-refractivity contribution in [3.8, 4) is 0 Å². The molecule has 0 unspecified atom stereocenters. The van der Waals surface area contributed by atoms with Crippen molar-refractivity contribution in [1.82, 2.24) is 15.6 Å². The molecule has 29 heavy (non-hydrogen) atoms. The van der Waals surface area contributed by atoms with Crippen molar-refractivity contribution in [2.24, 2.45) is 5.92 Å². The van der Waals surface area contributed by atoms with Gasteiger partial charge in [0.1, 0.15) is 0 Å². The summed E-state index contributed by atoms with van der Waals surface area (Å²) >= 11 is 2.89. The predicted octanol–water partition coefficient (Wildman–Crippen LogP) is 1.76. The third-order valence-electron chi connectivity index (χ3n) is 4.88. The number of carbonyl (C=O) groups excluding carboxylic acids is 3. The molecule has 0 bridgehead atoms. The molecular formula is C19H22N4O4S2. The van der Waals surface area contributed by atoms with E-state index in [0.717, 1.165) is 21.0 Å². The number of piperidine rings is 1. The number of rotatable bonds is 6. The lowest BCUT2D eigenvalue weighted by atomic mass is 9.96. The summed E-state index contributed by atoms with van der Waals surface area (Å²) in [5.74, 6) is -0.222. The number of anilines is 1. The predicted molar refractivity (Wildman–Crippen MR) is 112 cm³/mol. The summed E-state index contributed by atoms with van der Waals surface area (Å²) in [6, 6.07) is 5.66. The van der Waals surface area contributed by atoms with Crippen LogP contribution in [-0.4, -0.2) is 54.3 Å². The third-order valence-corrected chi connectivity index (χ3v) is 7.04. The second kappa shape index (κ2) is 9.10. The van der Waals surface area contributed by atoms with Gasteiger partial charge in [-0.2, -0.15) is 0 Å². The molecule has 3 N–H and O–H groups in total. The van der Waals surface area contributed by atoms with E-state index in [1.807, 2.05) is 18.2 Å². The van der Waals surface area contributed by atoms with Gasteiger partial charge in [0.2, 0.25) is 17.7 Å². The highest BCUT2D eigenvalue weighted by Gasteiger charge is 2.25. The first-order valence-corrected chi connectivity index (χ1v) is 11.3. The van der Waals surface area contributed by atoms with Gasteiger partial charge in [-0.3, -0.25) is 14.4 Å². The number of benzene rings is 1. The van der Waals surface area contributed by atoms with Crippen LogP contribution in [0, 0.1) is 5.92 Å². The number of nitrogens with zero attached hydrogens (tertiary/aromatic N) is 1. The Morgan fingerprint density at radius 2 is 2.24 bits per heavy atom. The van der Waals surface area contributed by atoms with Crippen LogP contribution in [0.2, 0.25) is 0 Å². The number of thioether (sulfide) groups is 1. The smallest absolute Gasteiger partial charge is 0.230 e. The number of hydrogen-bond donors (Lipinski definition) is 3. The molecule has 10 heteroatoms. The van der Waals surface area contributed by atoms with Crippen LogP contribution in [0.5, 0.6) is 0 Å². The van der Waals surface area contributed by atoms with Crippen LogP contribution in [0.4, 0.5) is 5.69 Å². The number of carbonyl (C=O) groups is 3. The Kier molecular flexibility index (Phi) is 6.31. The molecule has 2 atom stereocenters. The minimum Gasteiger partial charge on any atom is -0.379 e. The Bertz CT molecular complexity index is 926. The molecule has 154 valence electrons. The van der Waals surface area contributed by atoms with Crippen molar-refractivity contribution in [2.45, 2.75) is 29.6 Å². The molecule has 2 aromatic rings. The van der Waals surface area contributed by atoms with Gasteiger partial charge in [0.05, 0.1) is 28.6 Å². The summed E-state index contributed by atoms with van der Waals surface area (Å²) in [5, 5.41) is 8.60. The topological polar surface area (TPSA) is 109 Å². The van der Waals surface area contributed by atoms with Gasteiger partial charge in [-0.05, 0) is 31.0 Å². The lowest BCUT2D eigenvalue weighted by Gasteiger charge is -2.21. The van der Waals surface area contributed by atoms with Crippen molar-refractivity contribution >= 4 is 56.7 Å². The summed E-state index contributed by atoms with van der Waals surface area (Å²) in [6.07, 6.45) is 1.73. The molecule has 2 fully saturated rings. The highest BCUT2D eigenvalue weighted by molar-refractivity contribution is 8.01. The fraction of sp³-hybridized carbons (Fsp3) is 0.474. The second-order valence-electron chi connectivity index (χ2n) is 7.11. The summed E-state index contributed by atoms with van der Waals surface area (Å²) in [7, 11) is 0. The van der Waals surface area contributed by atoms with Crippen molar-refractivity contribution in [3.05, 3.63) is 18.2 Å². The van der Waals surface area contributed by atoms with Crippen LogP contribution in [0.1, 0.15) is 19.3 Å². The van der Waals surface area contributed by atoms with Crippen molar-refractivity contribution < 1.29 is 19.1 Å². The monoisotopic (exact) mass is 434 g/mol. The zero-order chi connectivity index (χ0) is 20.2. The molecule has 0 saturated carbocycles. The fourth-order valence-corrected chi connectivity index (χ4v) is 5.26. The number of hydrogen-bond acceptors (Lipinski definition) is 7. The molecule has 0 aliphatic carbocycles. The maximum atomic E-state index is 12.4. The standard InChI is InChI=1S/C19H22N4O4S2/c24-16-7-11(3-5-20-16)18(26)22-12-1-2-14-15(8-12)29-19(23-14)28-10-17(25)21-13-4-6-27-9-13/h1-2,8,11,13H,3-7,9-10H2,(H,20,24)(H,21,25)(H,22,26)/t11-,13+/m0/s1. The van der Waals surface area contributed by atoms with Crippen molar-refractivity contribution in [3.63, 3.8) is 0 Å². The molecule has 2 aliphatic rings. The maximum Gasteiger partial charge on any atom is 0.230 e. The average Bonchev–Trinajstić information content (AvgIpc) is 3.35. The van der Waals surface area contributed by atoms with E-state index in [-0.39, 0.29) is 36.1 Å². The van der Waals surface area contributed by atoms with Crippen LogP contribution in [0.25, 0.3) is 10.2 Å². The first-order chi connectivity index (χ1) is 14.1. The summed E-state index contributed by atoms with van der Waals surface area (Å²) < 4.78 is 7.01. The van der Waals surface area contributed by atoms with Gasteiger partial charge in [0.25, 0.3) is 0 Å². The Balaban J connectivity index is 1.34. The zero-order valence-electron chi connectivity index (χ0n) is 15.7. The third kappa shape index (κ3) is 5.26. The zero-order valence-corrected chi connectivity index (χ0v) is 17.4. The minimum atomic E-state index is -0.296. The molecule has 8 nitrogen and oxygen atoms in total. The molecule has 0 spiro atoms. The van der Waals surface area contributed by atoms with Crippen LogP contribution in [0.15, 0.2) is 22.5 Å². The number of amides is 3. The van der Waals surface area contributed by atoms with E-state index < -0.39 is 0 Å². The molecule has 3 amide bonds. The number of nitrogens with one attached hydrogen (secondary N) is 3. The van der Waals surface area contributed by atoms with Gasteiger partial charge in [0.15, 0.2) is 4.34 Å². The molecule has 1 aromatic heterocycles. The second-order valence-corrected chi connectivity index (χ2v) is 9.36. The van der Waals surface area contributed by atoms with E-state index in [1.54, 1.807) is 0 Å². The van der Waals surface area contributed by atoms with Gasteiger partial charge < -0.3 is 20.7 Å². The normalized spacial score (nSPS) is 21.7. The van der Waals surface area contributed by atoms with Gasteiger partial charge in [0, 0.05) is 31.2 Å². The van der Waals surface area contributed by atoms with E-state index in [1.165, 1.54) is 23.1 Å². The number of ether oxygens (including phenoxy) is 1. The summed E-state index contributed by atoms with van der Waals surface area (Å²) in [4.78, 5) is 40.5. The first-order valence-electron chi connectivity index (χ1n) is 9.55. The van der Waals surface area contributed by atoms with Gasteiger partial charge in [-0.1, -0.05) is 11.8 Å². The van der Waals surface area contributed by atoms with Gasteiger partial charge in [-0.25, -0.2) is 4.98 Å². The quantitative estimate of drug-likeness (QED) is 0.598. The van der Waals surface area contributed by atoms with Gasteiger partial charge >= 0.3 is 0 Å². The van der Waals surface area contributed by atoms with E-state index in [9.17, 15) is 14.4 Å². The van der Waals surface area contributed by atoms with Crippen LogP contribution in [-0.2, 0) is 19.1 Å². The molecule has 2 saturated heterocycles.